The Labute approximate surface area is 225 Å². The summed E-state index contributed by atoms with van der Waals surface area (Å²) in [5, 5.41) is 18.6. The van der Waals surface area contributed by atoms with Gasteiger partial charge in [-0.25, -0.2) is 8.78 Å². The summed E-state index contributed by atoms with van der Waals surface area (Å²) >= 11 is 0. The van der Waals surface area contributed by atoms with Gasteiger partial charge in [-0.05, 0) is 68.8 Å². The van der Waals surface area contributed by atoms with Gasteiger partial charge in [0.05, 0.1) is 11.6 Å². The molecule has 2 aliphatic rings. The molecule has 1 heterocycles. The molecule has 39 heavy (non-hydrogen) atoms. The van der Waals surface area contributed by atoms with Gasteiger partial charge in [0, 0.05) is 60.5 Å². The highest BCUT2D eigenvalue weighted by Gasteiger charge is 2.27. The lowest BCUT2D eigenvalue weighted by Gasteiger charge is -2.25. The van der Waals surface area contributed by atoms with Crippen molar-refractivity contribution in [3.63, 3.8) is 0 Å². The van der Waals surface area contributed by atoms with E-state index < -0.39 is 11.7 Å². The molecule has 10 heteroatoms. The van der Waals surface area contributed by atoms with Gasteiger partial charge in [-0.2, -0.15) is 10.2 Å². The standard InChI is InChI=1S/C29H30F2N6O2/c1-4-33-35-22-10-11-27(24(16-22)26-15-18(2)36-37(26)3)39-28-12-9-21(17-25(28)31)34-29(38)23(13-14-32)19-5-7-20(30)8-6-19/h4-5,7-15,17,19,24,32,35H,6,16H2,1-3H3,(H,34,38)/b23-13+,32-14?,33-4-. The normalized spacial score (nSPS) is 19.3. The third kappa shape index (κ3) is 6.64. The zero-order valence-corrected chi connectivity index (χ0v) is 21.9. The molecule has 0 radical (unpaired) electrons. The van der Waals surface area contributed by atoms with Gasteiger partial charge in [-0.1, -0.05) is 6.08 Å². The van der Waals surface area contributed by atoms with Crippen molar-refractivity contribution in [1.82, 2.24) is 15.2 Å². The van der Waals surface area contributed by atoms with Crippen LogP contribution in [0, 0.1) is 24.1 Å². The molecule has 2 unspecified atom stereocenters. The van der Waals surface area contributed by atoms with Crippen LogP contribution in [0.15, 0.2) is 88.7 Å². The van der Waals surface area contributed by atoms with Crippen LogP contribution in [-0.4, -0.2) is 28.1 Å². The van der Waals surface area contributed by atoms with E-state index in [4.69, 9.17) is 10.1 Å². The summed E-state index contributed by atoms with van der Waals surface area (Å²) < 4.78 is 36.4. The molecule has 2 atom stereocenters. The maximum absolute atomic E-state index is 15.2. The minimum atomic E-state index is -0.655. The fourth-order valence-electron chi connectivity index (χ4n) is 4.50. The number of carbonyl (C=O) groups is 1. The lowest BCUT2D eigenvalue weighted by atomic mass is 9.91. The van der Waals surface area contributed by atoms with Crippen molar-refractivity contribution < 1.29 is 18.3 Å². The highest BCUT2D eigenvalue weighted by Crippen LogP contribution is 2.36. The van der Waals surface area contributed by atoms with E-state index >= 15 is 4.39 Å². The van der Waals surface area contributed by atoms with E-state index in [0.29, 0.717) is 18.6 Å². The van der Waals surface area contributed by atoms with Gasteiger partial charge < -0.3 is 15.5 Å². The number of amides is 1. The quantitative estimate of drug-likeness (QED) is 0.218. The minimum Gasteiger partial charge on any atom is -0.458 e. The molecular formula is C29H30F2N6O2. The fourth-order valence-corrected chi connectivity index (χ4v) is 4.50. The molecule has 0 saturated carbocycles. The summed E-state index contributed by atoms with van der Waals surface area (Å²) in [6, 6.07) is 6.14. The Bertz CT molecular complexity index is 1450. The Morgan fingerprint density at radius 3 is 2.74 bits per heavy atom. The van der Waals surface area contributed by atoms with E-state index in [2.05, 4.69) is 20.9 Å². The Kier molecular flexibility index (Phi) is 8.65. The van der Waals surface area contributed by atoms with Crippen molar-refractivity contribution >= 4 is 24.0 Å². The third-order valence-corrected chi connectivity index (χ3v) is 6.35. The van der Waals surface area contributed by atoms with Crippen molar-refractivity contribution in [2.24, 2.45) is 18.1 Å². The second kappa shape index (κ2) is 12.3. The van der Waals surface area contributed by atoms with Crippen molar-refractivity contribution in [3.05, 3.63) is 101 Å². The predicted octanol–water partition coefficient (Wildman–Crippen LogP) is 5.74. The highest BCUT2D eigenvalue weighted by atomic mass is 19.1. The van der Waals surface area contributed by atoms with Crippen LogP contribution in [0.1, 0.15) is 37.1 Å². The maximum atomic E-state index is 15.2. The first-order valence-corrected chi connectivity index (χ1v) is 12.5. The van der Waals surface area contributed by atoms with Crippen LogP contribution < -0.4 is 15.5 Å². The van der Waals surface area contributed by atoms with Crippen molar-refractivity contribution in [3.8, 4) is 5.75 Å². The van der Waals surface area contributed by atoms with E-state index in [-0.39, 0.29) is 34.7 Å². The van der Waals surface area contributed by atoms with Crippen LogP contribution in [0.2, 0.25) is 0 Å². The summed E-state index contributed by atoms with van der Waals surface area (Å²) in [5.74, 6) is -1.60. The van der Waals surface area contributed by atoms with Gasteiger partial charge in [0.25, 0.3) is 5.91 Å². The van der Waals surface area contributed by atoms with Gasteiger partial charge in [-0.3, -0.25) is 14.9 Å². The van der Waals surface area contributed by atoms with E-state index in [1.54, 1.807) is 29.1 Å². The summed E-state index contributed by atoms with van der Waals surface area (Å²) in [6.07, 6.45) is 12.7. The molecule has 2 aliphatic carbocycles. The number of rotatable bonds is 9. The van der Waals surface area contributed by atoms with Crippen molar-refractivity contribution in [2.75, 3.05) is 5.32 Å². The average Bonchev–Trinajstić information content (AvgIpc) is 3.26. The monoisotopic (exact) mass is 532 g/mol. The molecule has 0 bridgehead atoms. The number of halogens is 2. The van der Waals surface area contributed by atoms with Crippen molar-refractivity contribution in [2.45, 2.75) is 32.6 Å². The summed E-state index contributed by atoms with van der Waals surface area (Å²) in [6.45, 7) is 3.72. The Hall–Kier alpha value is -4.60. The largest absolute Gasteiger partial charge is 0.458 e. The van der Waals surface area contributed by atoms with Crippen LogP contribution in [-0.2, 0) is 11.8 Å². The maximum Gasteiger partial charge on any atom is 0.252 e. The fraction of sp³-hybridized carbons (Fsp3) is 0.241. The molecule has 0 spiro atoms. The first-order chi connectivity index (χ1) is 18.8. The van der Waals surface area contributed by atoms with Gasteiger partial charge in [0.1, 0.15) is 11.6 Å². The van der Waals surface area contributed by atoms with E-state index in [1.165, 1.54) is 30.4 Å². The lowest BCUT2D eigenvalue weighted by Crippen LogP contribution is -2.21. The number of benzene rings is 1. The number of hydrogen-bond donors (Lipinski definition) is 3. The van der Waals surface area contributed by atoms with E-state index in [0.717, 1.165) is 23.3 Å². The average molecular weight is 533 g/mol. The second-order valence-electron chi connectivity index (χ2n) is 9.13. The van der Waals surface area contributed by atoms with Gasteiger partial charge in [0.15, 0.2) is 11.6 Å². The van der Waals surface area contributed by atoms with Gasteiger partial charge in [-0.15, -0.1) is 0 Å². The van der Waals surface area contributed by atoms with Crippen molar-refractivity contribution in [1.29, 1.82) is 5.41 Å². The van der Waals surface area contributed by atoms with Crippen LogP contribution in [0.25, 0.3) is 0 Å². The Morgan fingerprint density at radius 1 is 1.28 bits per heavy atom. The molecule has 202 valence electrons. The molecule has 4 rings (SSSR count). The smallest absolute Gasteiger partial charge is 0.252 e. The zero-order chi connectivity index (χ0) is 27.9. The highest BCUT2D eigenvalue weighted by molar-refractivity contribution is 6.06. The summed E-state index contributed by atoms with van der Waals surface area (Å²) in [4.78, 5) is 12.9. The summed E-state index contributed by atoms with van der Waals surface area (Å²) in [5.41, 5.74) is 6.15. The Morgan fingerprint density at radius 2 is 2.10 bits per heavy atom. The number of hydrazone groups is 1. The number of nitrogens with one attached hydrogen (secondary N) is 3. The number of hydrogen-bond acceptors (Lipinski definition) is 6. The number of aryl methyl sites for hydroxylation is 2. The number of carbonyl (C=O) groups excluding carboxylic acids is 1. The first-order valence-electron chi connectivity index (χ1n) is 12.5. The lowest BCUT2D eigenvalue weighted by molar-refractivity contribution is -0.113. The second-order valence-corrected chi connectivity index (χ2v) is 9.13. The minimum absolute atomic E-state index is 0.00520. The van der Waals surface area contributed by atoms with Gasteiger partial charge >= 0.3 is 0 Å². The SMILES string of the molecule is C/C=N\NC1=CC=C(Oc2ccc(NC(=O)/C(=C/C=N)C3C=CC(F)=CC3)cc2F)C(c2cc(C)nn2C)C1. The molecule has 0 aliphatic heterocycles. The van der Waals surface area contributed by atoms with E-state index in [1.807, 2.05) is 33.0 Å². The number of ether oxygens (including phenoxy) is 1. The first kappa shape index (κ1) is 27.4. The van der Waals surface area contributed by atoms with Gasteiger partial charge in [0.2, 0.25) is 0 Å². The molecule has 3 N–H and O–H groups in total. The zero-order valence-electron chi connectivity index (χ0n) is 21.9. The molecule has 0 saturated heterocycles. The van der Waals surface area contributed by atoms with E-state index in [9.17, 15) is 9.18 Å². The number of anilines is 1. The molecule has 1 aromatic carbocycles. The number of aromatic nitrogens is 2. The van der Waals surface area contributed by atoms with Crippen LogP contribution in [0.3, 0.4) is 0 Å². The summed E-state index contributed by atoms with van der Waals surface area (Å²) in [7, 11) is 1.85. The number of nitrogens with zero attached hydrogens (tertiary/aromatic N) is 3. The molecule has 8 nitrogen and oxygen atoms in total. The topological polar surface area (TPSA) is 104 Å². The molecule has 2 aromatic rings. The molecular weight excluding hydrogens is 502 g/mol. The van der Waals surface area contributed by atoms with Crippen LogP contribution >= 0.6 is 0 Å². The molecule has 1 amide bonds. The predicted molar refractivity (Wildman–Crippen MR) is 148 cm³/mol. The van der Waals surface area contributed by atoms with Crippen LogP contribution in [0.4, 0.5) is 14.5 Å². The molecule has 1 aromatic heterocycles. The Balaban J connectivity index is 1.53. The number of allylic oxidation sites excluding steroid dienone is 9. The third-order valence-electron chi connectivity index (χ3n) is 6.35. The molecule has 0 fully saturated rings. The van der Waals surface area contributed by atoms with Crippen LogP contribution in [0.5, 0.6) is 5.75 Å².